The van der Waals surface area contributed by atoms with Gasteiger partial charge in [-0.1, -0.05) is 0 Å². The first-order valence-corrected chi connectivity index (χ1v) is 5.55. The molecule has 1 fully saturated rings. The molecule has 1 aliphatic rings. The van der Waals surface area contributed by atoms with Gasteiger partial charge in [-0.3, -0.25) is 4.98 Å². The molecular formula is C10H11BrN2O2. The van der Waals surface area contributed by atoms with Crippen molar-refractivity contribution >= 4 is 22.0 Å². The van der Waals surface area contributed by atoms with Crippen molar-refractivity contribution in [2.75, 3.05) is 0 Å². The van der Waals surface area contributed by atoms with E-state index < -0.39 is 11.6 Å². The Labute approximate surface area is 95.8 Å². The van der Waals surface area contributed by atoms with Crippen LogP contribution in [0.5, 0.6) is 0 Å². The maximum atomic E-state index is 10.7. The molecule has 4 nitrogen and oxygen atoms in total. The Balaban J connectivity index is 2.26. The number of carbonyl (C=O) groups is 1. The normalized spacial score (nSPS) is 17.9. The fourth-order valence-electron chi connectivity index (χ4n) is 1.84. The van der Waals surface area contributed by atoms with Crippen LogP contribution in [0.2, 0.25) is 0 Å². The average molecular weight is 271 g/mol. The van der Waals surface area contributed by atoms with E-state index in [0.29, 0.717) is 0 Å². The molecule has 0 bridgehead atoms. The zero-order valence-corrected chi connectivity index (χ0v) is 9.62. The molecule has 0 spiro atoms. The van der Waals surface area contributed by atoms with Crippen molar-refractivity contribution in [2.24, 2.45) is 0 Å². The molecule has 2 rings (SSSR count). The second-order valence-electron chi connectivity index (χ2n) is 3.73. The Morgan fingerprint density at radius 1 is 1.53 bits per heavy atom. The number of hydrogen-bond acceptors (Lipinski definition) is 2. The summed E-state index contributed by atoms with van der Waals surface area (Å²) in [5.41, 5.74) is 0.353. The standard InChI is InChI=1S/C10H11BrN2O2/c11-7-2-3-8(12-6-7)10(4-1-5-10)13-9(14)15/h2-3,6,13H,1,4-5H2,(H,14,15). The Bertz CT molecular complexity index is 374. The molecule has 80 valence electrons. The molecule has 1 aromatic rings. The van der Waals surface area contributed by atoms with Gasteiger partial charge in [-0.25, -0.2) is 4.79 Å². The molecule has 0 unspecified atom stereocenters. The molecule has 1 saturated carbocycles. The number of hydrogen-bond donors (Lipinski definition) is 2. The summed E-state index contributed by atoms with van der Waals surface area (Å²) in [5, 5.41) is 11.3. The topological polar surface area (TPSA) is 62.2 Å². The molecule has 2 N–H and O–H groups in total. The third-order valence-electron chi connectivity index (χ3n) is 2.77. The number of amides is 1. The highest BCUT2D eigenvalue weighted by molar-refractivity contribution is 9.10. The lowest BCUT2D eigenvalue weighted by atomic mass is 9.74. The Hall–Kier alpha value is -1.10. The largest absolute Gasteiger partial charge is 0.465 e. The number of aromatic nitrogens is 1. The molecule has 15 heavy (non-hydrogen) atoms. The van der Waals surface area contributed by atoms with E-state index in [2.05, 4.69) is 26.2 Å². The van der Waals surface area contributed by atoms with Crippen LogP contribution in [-0.4, -0.2) is 16.2 Å². The van der Waals surface area contributed by atoms with Crippen molar-refractivity contribution < 1.29 is 9.90 Å². The first-order chi connectivity index (χ1) is 7.12. The average Bonchev–Trinajstić information content (AvgIpc) is 2.13. The third-order valence-corrected chi connectivity index (χ3v) is 3.24. The van der Waals surface area contributed by atoms with Crippen LogP contribution in [0.3, 0.4) is 0 Å². The Kier molecular flexibility index (Phi) is 2.65. The molecule has 1 aromatic heterocycles. The summed E-state index contributed by atoms with van der Waals surface area (Å²) in [4.78, 5) is 15.0. The van der Waals surface area contributed by atoms with Crippen molar-refractivity contribution in [3.8, 4) is 0 Å². The summed E-state index contributed by atoms with van der Waals surface area (Å²) < 4.78 is 0.899. The molecule has 0 saturated heterocycles. The fraction of sp³-hybridized carbons (Fsp3) is 0.400. The highest BCUT2D eigenvalue weighted by Crippen LogP contribution is 2.40. The van der Waals surface area contributed by atoms with Crippen LogP contribution in [0.4, 0.5) is 4.79 Å². The quantitative estimate of drug-likeness (QED) is 0.868. The fourth-order valence-corrected chi connectivity index (χ4v) is 2.07. The van der Waals surface area contributed by atoms with Crippen molar-refractivity contribution in [1.29, 1.82) is 0 Å². The van der Waals surface area contributed by atoms with Crippen LogP contribution in [0.1, 0.15) is 25.0 Å². The van der Waals surface area contributed by atoms with Gasteiger partial charge in [0.15, 0.2) is 0 Å². The first kappa shape index (κ1) is 10.4. The lowest BCUT2D eigenvalue weighted by Gasteiger charge is -2.40. The van der Waals surface area contributed by atoms with Crippen molar-refractivity contribution in [3.05, 3.63) is 28.5 Å². The van der Waals surface area contributed by atoms with E-state index >= 15 is 0 Å². The van der Waals surface area contributed by atoms with E-state index in [1.807, 2.05) is 12.1 Å². The van der Waals surface area contributed by atoms with Crippen LogP contribution < -0.4 is 5.32 Å². The molecule has 0 aliphatic heterocycles. The molecule has 1 amide bonds. The molecule has 1 aliphatic carbocycles. The number of rotatable bonds is 2. The Morgan fingerprint density at radius 2 is 2.27 bits per heavy atom. The van der Waals surface area contributed by atoms with E-state index in [1.165, 1.54) is 0 Å². The zero-order valence-electron chi connectivity index (χ0n) is 8.03. The summed E-state index contributed by atoms with van der Waals surface area (Å²) in [6.45, 7) is 0. The van der Waals surface area contributed by atoms with Gasteiger partial charge in [0.2, 0.25) is 0 Å². The summed E-state index contributed by atoms with van der Waals surface area (Å²) in [7, 11) is 0. The van der Waals surface area contributed by atoms with Crippen molar-refractivity contribution in [1.82, 2.24) is 10.3 Å². The predicted octanol–water partition coefficient (Wildman–Crippen LogP) is 2.49. The predicted molar refractivity (Wildman–Crippen MR) is 58.6 cm³/mol. The zero-order chi connectivity index (χ0) is 10.9. The smallest absolute Gasteiger partial charge is 0.405 e. The van der Waals surface area contributed by atoms with Gasteiger partial charge < -0.3 is 10.4 Å². The Morgan fingerprint density at radius 3 is 2.67 bits per heavy atom. The minimum absolute atomic E-state index is 0.452. The van der Waals surface area contributed by atoms with Crippen LogP contribution >= 0.6 is 15.9 Å². The van der Waals surface area contributed by atoms with Gasteiger partial charge in [0, 0.05) is 10.7 Å². The van der Waals surface area contributed by atoms with Crippen LogP contribution in [-0.2, 0) is 5.54 Å². The highest BCUT2D eigenvalue weighted by atomic mass is 79.9. The molecule has 5 heteroatoms. The molecule has 0 aromatic carbocycles. The van der Waals surface area contributed by atoms with E-state index in [4.69, 9.17) is 5.11 Å². The SMILES string of the molecule is O=C(O)NC1(c2ccc(Br)cn2)CCC1. The second kappa shape index (κ2) is 3.81. The van der Waals surface area contributed by atoms with E-state index in [9.17, 15) is 4.79 Å². The highest BCUT2D eigenvalue weighted by Gasteiger charge is 2.41. The maximum absolute atomic E-state index is 10.7. The van der Waals surface area contributed by atoms with Gasteiger partial charge in [-0.2, -0.15) is 0 Å². The monoisotopic (exact) mass is 270 g/mol. The van der Waals surface area contributed by atoms with Gasteiger partial charge >= 0.3 is 6.09 Å². The second-order valence-corrected chi connectivity index (χ2v) is 4.64. The van der Waals surface area contributed by atoms with Gasteiger partial charge in [-0.05, 0) is 47.3 Å². The molecular weight excluding hydrogens is 260 g/mol. The molecule has 1 heterocycles. The van der Waals surface area contributed by atoms with Crippen molar-refractivity contribution in [3.63, 3.8) is 0 Å². The summed E-state index contributed by atoms with van der Waals surface area (Å²) in [5.74, 6) is 0. The minimum atomic E-state index is -0.987. The van der Waals surface area contributed by atoms with E-state index in [1.54, 1.807) is 6.20 Å². The van der Waals surface area contributed by atoms with Crippen LogP contribution in [0.25, 0.3) is 0 Å². The molecule has 0 atom stereocenters. The number of carboxylic acid groups (broad SMARTS) is 1. The van der Waals surface area contributed by atoms with Gasteiger partial charge in [0.25, 0.3) is 0 Å². The molecule has 0 radical (unpaired) electrons. The number of pyridine rings is 1. The summed E-state index contributed by atoms with van der Waals surface area (Å²) in [6, 6.07) is 3.74. The summed E-state index contributed by atoms with van der Waals surface area (Å²) >= 11 is 3.30. The lowest BCUT2D eigenvalue weighted by Crippen LogP contribution is -2.50. The number of nitrogens with one attached hydrogen (secondary N) is 1. The van der Waals surface area contributed by atoms with Crippen molar-refractivity contribution in [2.45, 2.75) is 24.8 Å². The van der Waals surface area contributed by atoms with Gasteiger partial charge in [-0.15, -0.1) is 0 Å². The van der Waals surface area contributed by atoms with Crippen LogP contribution in [0, 0.1) is 0 Å². The first-order valence-electron chi connectivity index (χ1n) is 4.75. The third kappa shape index (κ3) is 1.97. The number of nitrogens with zero attached hydrogens (tertiary/aromatic N) is 1. The van der Waals surface area contributed by atoms with Crippen LogP contribution in [0.15, 0.2) is 22.8 Å². The van der Waals surface area contributed by atoms with E-state index in [0.717, 1.165) is 29.4 Å². The maximum Gasteiger partial charge on any atom is 0.405 e. The van der Waals surface area contributed by atoms with E-state index in [-0.39, 0.29) is 0 Å². The minimum Gasteiger partial charge on any atom is -0.465 e. The van der Waals surface area contributed by atoms with Gasteiger partial charge in [0.05, 0.1) is 11.2 Å². The van der Waals surface area contributed by atoms with Gasteiger partial charge in [0.1, 0.15) is 0 Å². The lowest BCUT2D eigenvalue weighted by molar-refractivity contribution is 0.141. The summed E-state index contributed by atoms with van der Waals surface area (Å²) in [6.07, 6.45) is 3.40. The number of halogens is 1.